The topological polar surface area (TPSA) is 97.4 Å². The number of hydrogen-bond donors (Lipinski definition) is 2. The number of rotatable bonds is 1. The lowest BCUT2D eigenvalue weighted by Crippen LogP contribution is -2.51. The van der Waals surface area contributed by atoms with Gasteiger partial charge in [-0.25, -0.2) is 9.37 Å². The summed E-state index contributed by atoms with van der Waals surface area (Å²) in [5, 5.41) is 7.53. The normalized spacial score (nSPS) is 21.6. The number of benzene rings is 1. The van der Waals surface area contributed by atoms with Gasteiger partial charge in [-0.05, 0) is 43.9 Å². The summed E-state index contributed by atoms with van der Waals surface area (Å²) in [7, 11) is 0. The molecular weight excluding hydrogens is 490 g/mol. The molecule has 0 bridgehead atoms. The predicted molar refractivity (Wildman–Crippen MR) is 127 cm³/mol. The van der Waals surface area contributed by atoms with Crippen molar-refractivity contribution in [3.63, 3.8) is 0 Å². The van der Waals surface area contributed by atoms with Crippen LogP contribution in [-0.4, -0.2) is 56.4 Å². The smallest absolute Gasteiger partial charge is 0.376 e. The zero-order chi connectivity index (χ0) is 25.9. The number of aromatic amines is 1. The van der Waals surface area contributed by atoms with Crippen LogP contribution in [0.1, 0.15) is 36.6 Å². The fraction of sp³-hybridized carbons (Fsp3) is 0.400. The Hall–Kier alpha value is -3.69. The number of aromatic nitrogens is 5. The molecule has 1 spiro atoms. The minimum atomic E-state index is -4.60. The zero-order valence-electron chi connectivity index (χ0n) is 19.8. The number of fused-ring (bicyclic) bond motifs is 3. The largest absolute Gasteiger partial charge is 0.416 e. The van der Waals surface area contributed by atoms with Gasteiger partial charge in [0.25, 0.3) is 0 Å². The van der Waals surface area contributed by atoms with Crippen LogP contribution in [0.15, 0.2) is 30.6 Å². The number of halogens is 4. The number of nitrogens with one attached hydrogen (secondary N) is 1. The van der Waals surface area contributed by atoms with Gasteiger partial charge in [0.2, 0.25) is 5.95 Å². The number of anilines is 1. The van der Waals surface area contributed by atoms with E-state index in [1.807, 2.05) is 11.3 Å². The van der Waals surface area contributed by atoms with E-state index in [9.17, 15) is 17.6 Å². The molecule has 5 heterocycles. The lowest BCUT2D eigenvalue weighted by Gasteiger charge is -2.41. The van der Waals surface area contributed by atoms with Crippen LogP contribution in [0.4, 0.5) is 23.5 Å². The molecule has 2 atom stereocenters. The summed E-state index contributed by atoms with van der Waals surface area (Å²) in [6.45, 7) is 4.15. The summed E-state index contributed by atoms with van der Waals surface area (Å²) in [5.74, 6) is 5.01. The molecule has 8 nitrogen and oxygen atoms in total. The first kappa shape index (κ1) is 23.7. The number of ether oxygens (including phenoxy) is 1. The standard InChI is InChI=1S/C25H23F4N7O/c1-14-20(30)24(13-37-14)6-9-35(10-7-24)23-32-21-19(22-31-8-11-36(22)23)18(33-34-21)5-2-15-12-16(25(27,28)29)3-4-17(15)26/h3-4,8,11-12,14,20H,6-7,9-10,13,30H2,1H3,(H,33,34)/t14-,20+/m0/s1. The third-order valence-corrected chi connectivity index (χ3v) is 7.54. The summed E-state index contributed by atoms with van der Waals surface area (Å²) in [6, 6.07) is 2.11. The van der Waals surface area contributed by atoms with Gasteiger partial charge in [0.1, 0.15) is 11.5 Å². The molecule has 12 heteroatoms. The lowest BCUT2D eigenvalue weighted by molar-refractivity contribution is -0.137. The maximum Gasteiger partial charge on any atom is 0.416 e. The number of nitrogens with zero attached hydrogens (tertiary/aromatic N) is 5. The van der Waals surface area contributed by atoms with Gasteiger partial charge in [0.05, 0.1) is 29.2 Å². The molecule has 2 aliphatic heterocycles. The van der Waals surface area contributed by atoms with Crippen molar-refractivity contribution in [1.29, 1.82) is 0 Å². The van der Waals surface area contributed by atoms with Crippen molar-refractivity contribution in [2.24, 2.45) is 11.1 Å². The second kappa shape index (κ2) is 8.43. The van der Waals surface area contributed by atoms with Crippen molar-refractivity contribution < 1.29 is 22.3 Å². The van der Waals surface area contributed by atoms with Crippen LogP contribution in [-0.2, 0) is 10.9 Å². The van der Waals surface area contributed by atoms with Crippen LogP contribution >= 0.6 is 0 Å². The van der Waals surface area contributed by atoms with Gasteiger partial charge in [0.15, 0.2) is 11.3 Å². The van der Waals surface area contributed by atoms with Gasteiger partial charge < -0.3 is 15.4 Å². The first-order valence-corrected chi connectivity index (χ1v) is 11.9. The van der Waals surface area contributed by atoms with E-state index in [0.717, 1.165) is 32.0 Å². The van der Waals surface area contributed by atoms with E-state index < -0.39 is 17.6 Å². The fourth-order valence-electron chi connectivity index (χ4n) is 5.29. The molecule has 0 amide bonds. The Kier molecular flexibility index (Phi) is 5.40. The summed E-state index contributed by atoms with van der Waals surface area (Å²) in [5.41, 5.74) is 6.24. The van der Waals surface area contributed by atoms with Crippen LogP contribution < -0.4 is 10.6 Å². The summed E-state index contributed by atoms with van der Waals surface area (Å²) in [6.07, 6.45) is 0.589. The van der Waals surface area contributed by atoms with Crippen LogP contribution in [0.3, 0.4) is 0 Å². The predicted octanol–water partition coefficient (Wildman–Crippen LogP) is 3.50. The maximum atomic E-state index is 14.2. The second-order valence-electron chi connectivity index (χ2n) is 9.66. The molecule has 0 saturated carbocycles. The second-order valence-corrected chi connectivity index (χ2v) is 9.66. The highest BCUT2D eigenvalue weighted by Gasteiger charge is 2.47. The van der Waals surface area contributed by atoms with Crippen molar-refractivity contribution >= 4 is 22.6 Å². The van der Waals surface area contributed by atoms with Gasteiger partial charge in [-0.1, -0.05) is 5.92 Å². The minimum absolute atomic E-state index is 0.00578. The third-order valence-electron chi connectivity index (χ3n) is 7.54. The Labute approximate surface area is 208 Å². The fourth-order valence-corrected chi connectivity index (χ4v) is 5.29. The number of nitrogens with two attached hydrogens (primary N) is 1. The van der Waals surface area contributed by atoms with E-state index >= 15 is 0 Å². The monoisotopic (exact) mass is 513 g/mol. The Bertz CT molecular complexity index is 1560. The van der Waals surface area contributed by atoms with Crippen molar-refractivity contribution in [3.8, 4) is 11.8 Å². The third kappa shape index (κ3) is 3.89. The molecule has 192 valence electrons. The molecular formula is C25H23F4N7O. The number of hydrogen-bond acceptors (Lipinski definition) is 6. The van der Waals surface area contributed by atoms with Gasteiger partial charge in [-0.2, -0.15) is 23.3 Å². The average Bonchev–Trinajstić information content (AvgIpc) is 3.58. The van der Waals surface area contributed by atoms with Crippen LogP contribution in [0.25, 0.3) is 16.7 Å². The van der Waals surface area contributed by atoms with Crippen molar-refractivity contribution in [2.75, 3.05) is 24.6 Å². The highest BCUT2D eigenvalue weighted by atomic mass is 19.4. The highest BCUT2D eigenvalue weighted by Crippen LogP contribution is 2.42. The Balaban J connectivity index is 1.34. The van der Waals surface area contributed by atoms with E-state index in [4.69, 9.17) is 15.5 Å². The van der Waals surface area contributed by atoms with Crippen molar-refractivity contribution in [3.05, 3.63) is 53.2 Å². The minimum Gasteiger partial charge on any atom is -0.376 e. The average molecular weight is 513 g/mol. The first-order chi connectivity index (χ1) is 17.7. The van der Waals surface area contributed by atoms with E-state index in [2.05, 4.69) is 31.9 Å². The van der Waals surface area contributed by atoms with Crippen molar-refractivity contribution in [2.45, 2.75) is 38.1 Å². The summed E-state index contributed by atoms with van der Waals surface area (Å²) in [4.78, 5) is 11.4. The van der Waals surface area contributed by atoms with Gasteiger partial charge in [-0.3, -0.25) is 9.50 Å². The number of imidazole rings is 1. The molecule has 0 aliphatic carbocycles. The van der Waals surface area contributed by atoms with Gasteiger partial charge in [0, 0.05) is 36.9 Å². The van der Waals surface area contributed by atoms with Crippen LogP contribution in [0.2, 0.25) is 0 Å². The highest BCUT2D eigenvalue weighted by molar-refractivity contribution is 5.94. The van der Waals surface area contributed by atoms with E-state index in [1.165, 1.54) is 0 Å². The van der Waals surface area contributed by atoms with Crippen LogP contribution in [0.5, 0.6) is 0 Å². The Morgan fingerprint density at radius 3 is 2.70 bits per heavy atom. The van der Waals surface area contributed by atoms with E-state index in [0.29, 0.717) is 41.4 Å². The molecule has 0 radical (unpaired) electrons. The summed E-state index contributed by atoms with van der Waals surface area (Å²) >= 11 is 0. The molecule has 37 heavy (non-hydrogen) atoms. The SMILES string of the molecule is C[C@@H]1OCC2(CCN(c3nc4[nH]nc(C#Cc5cc(C(F)(F)F)ccc5F)c4c4nccn34)CC2)[C@@H]1N. The number of H-pyrrole nitrogens is 1. The molecule has 6 rings (SSSR count). The molecule has 2 saturated heterocycles. The molecule has 1 aromatic carbocycles. The lowest BCUT2D eigenvalue weighted by atomic mass is 9.73. The summed E-state index contributed by atoms with van der Waals surface area (Å²) < 4.78 is 61.0. The van der Waals surface area contributed by atoms with E-state index in [1.54, 1.807) is 12.4 Å². The number of alkyl halides is 3. The van der Waals surface area contributed by atoms with Crippen molar-refractivity contribution in [1.82, 2.24) is 24.6 Å². The van der Waals surface area contributed by atoms with Gasteiger partial charge in [-0.15, -0.1) is 0 Å². The molecule has 4 aromatic rings. The molecule has 0 unspecified atom stereocenters. The van der Waals surface area contributed by atoms with E-state index in [-0.39, 0.29) is 28.8 Å². The Morgan fingerprint density at radius 2 is 2.00 bits per heavy atom. The molecule has 3 N–H and O–H groups in total. The zero-order valence-corrected chi connectivity index (χ0v) is 19.8. The quantitative estimate of drug-likeness (QED) is 0.299. The van der Waals surface area contributed by atoms with Gasteiger partial charge >= 0.3 is 6.18 Å². The first-order valence-electron chi connectivity index (χ1n) is 11.9. The molecule has 2 aliphatic rings. The molecule has 3 aromatic heterocycles. The molecule has 2 fully saturated rings. The Morgan fingerprint density at radius 1 is 1.22 bits per heavy atom. The number of piperidine rings is 1. The maximum absolute atomic E-state index is 14.2. The van der Waals surface area contributed by atoms with Crippen LogP contribution in [0, 0.1) is 23.1 Å².